The van der Waals surface area contributed by atoms with E-state index < -0.39 is 10.0 Å². The lowest BCUT2D eigenvalue weighted by atomic mass is 10.0. The maximum Gasteiger partial charge on any atom is 0.264 e. The van der Waals surface area contributed by atoms with Crippen molar-refractivity contribution < 1.29 is 8.42 Å². The van der Waals surface area contributed by atoms with Gasteiger partial charge in [-0.3, -0.25) is 4.31 Å². The Kier molecular flexibility index (Phi) is 4.01. The number of fused-ring (bicyclic) bond motifs is 4. The average Bonchev–Trinajstić information content (AvgIpc) is 2.87. The van der Waals surface area contributed by atoms with Crippen LogP contribution in [-0.2, 0) is 29.3 Å². The quantitative estimate of drug-likeness (QED) is 0.662. The van der Waals surface area contributed by atoms with Crippen LogP contribution in [0.2, 0.25) is 0 Å². The van der Waals surface area contributed by atoms with E-state index in [1.807, 2.05) is 36.4 Å². The first kappa shape index (κ1) is 16.9. The Hall–Kier alpha value is -2.27. The lowest BCUT2D eigenvalue weighted by Crippen LogP contribution is -2.35. The largest absolute Gasteiger partial charge is 0.358 e. The van der Waals surface area contributed by atoms with Crippen LogP contribution >= 0.6 is 0 Å². The smallest absolute Gasteiger partial charge is 0.264 e. The number of para-hydroxylation sites is 1. The summed E-state index contributed by atoms with van der Waals surface area (Å²) >= 11 is 0. The molecule has 5 heteroatoms. The van der Waals surface area contributed by atoms with Crippen molar-refractivity contribution in [2.45, 2.75) is 49.8 Å². The number of aromatic nitrogens is 1. The van der Waals surface area contributed by atoms with Crippen molar-refractivity contribution in [2.24, 2.45) is 0 Å². The second kappa shape index (κ2) is 6.41. The van der Waals surface area contributed by atoms with Gasteiger partial charge in [0.15, 0.2) is 0 Å². The summed E-state index contributed by atoms with van der Waals surface area (Å²) in [5, 5.41) is 1.08. The Morgan fingerprint density at radius 1 is 0.889 bits per heavy atom. The number of aryl methyl sites for hydroxylation is 3. The fourth-order valence-corrected chi connectivity index (χ4v) is 6.17. The fourth-order valence-electron chi connectivity index (χ4n) is 4.60. The van der Waals surface area contributed by atoms with Crippen LogP contribution in [0.1, 0.15) is 42.5 Å². The zero-order chi connectivity index (χ0) is 18.4. The SMILES string of the molecule is O=S(=O)(c1ccc2[nH]c3c(c2c1)CCCCC3)N1CCCc2ccccc21. The summed E-state index contributed by atoms with van der Waals surface area (Å²) in [6.07, 6.45) is 7.51. The first-order valence-electron chi connectivity index (χ1n) is 9.89. The summed E-state index contributed by atoms with van der Waals surface area (Å²) < 4.78 is 28.5. The molecule has 0 bridgehead atoms. The van der Waals surface area contributed by atoms with Crippen LogP contribution in [-0.4, -0.2) is 19.9 Å². The summed E-state index contributed by atoms with van der Waals surface area (Å²) in [4.78, 5) is 3.92. The number of rotatable bonds is 2. The van der Waals surface area contributed by atoms with E-state index in [1.165, 1.54) is 30.5 Å². The van der Waals surface area contributed by atoms with Gasteiger partial charge in [-0.15, -0.1) is 0 Å². The molecule has 2 aliphatic rings. The fraction of sp³-hybridized carbons (Fsp3) is 0.364. The van der Waals surface area contributed by atoms with E-state index in [2.05, 4.69) is 4.98 Å². The van der Waals surface area contributed by atoms with E-state index in [9.17, 15) is 8.42 Å². The maximum absolute atomic E-state index is 13.5. The Bertz CT molecular complexity index is 1110. The van der Waals surface area contributed by atoms with Crippen LogP contribution < -0.4 is 4.31 Å². The summed E-state index contributed by atoms with van der Waals surface area (Å²) in [7, 11) is -3.56. The zero-order valence-corrected chi connectivity index (χ0v) is 16.2. The third-order valence-electron chi connectivity index (χ3n) is 5.98. The minimum Gasteiger partial charge on any atom is -0.358 e. The van der Waals surface area contributed by atoms with Gasteiger partial charge in [0, 0.05) is 23.1 Å². The molecule has 0 spiro atoms. The minimum atomic E-state index is -3.56. The van der Waals surface area contributed by atoms with Crippen molar-refractivity contribution in [3.63, 3.8) is 0 Å². The molecule has 27 heavy (non-hydrogen) atoms. The third-order valence-corrected chi connectivity index (χ3v) is 7.78. The topological polar surface area (TPSA) is 53.2 Å². The van der Waals surface area contributed by atoms with Gasteiger partial charge in [0.25, 0.3) is 10.0 Å². The van der Waals surface area contributed by atoms with Gasteiger partial charge in [-0.05, 0) is 73.9 Å². The highest BCUT2D eigenvalue weighted by atomic mass is 32.2. The Morgan fingerprint density at radius 3 is 2.67 bits per heavy atom. The van der Waals surface area contributed by atoms with E-state index in [0.717, 1.165) is 47.8 Å². The van der Waals surface area contributed by atoms with E-state index in [1.54, 1.807) is 10.4 Å². The van der Waals surface area contributed by atoms with Gasteiger partial charge < -0.3 is 4.98 Å². The Balaban J connectivity index is 1.62. The van der Waals surface area contributed by atoms with E-state index >= 15 is 0 Å². The van der Waals surface area contributed by atoms with Crippen molar-refractivity contribution in [3.8, 4) is 0 Å². The van der Waals surface area contributed by atoms with Crippen LogP contribution in [0, 0.1) is 0 Å². The van der Waals surface area contributed by atoms with Crippen molar-refractivity contribution in [2.75, 3.05) is 10.8 Å². The molecule has 0 atom stereocenters. The van der Waals surface area contributed by atoms with Gasteiger partial charge >= 0.3 is 0 Å². The standard InChI is InChI=1S/C22H24N2O2S/c25-27(26,24-14-6-8-16-7-4-5-11-22(16)24)17-12-13-21-19(15-17)18-9-2-1-3-10-20(18)23-21/h4-5,7,11-13,15,23H,1-3,6,8-10,14H2. The number of benzene rings is 2. The average molecular weight is 381 g/mol. The van der Waals surface area contributed by atoms with E-state index in [-0.39, 0.29) is 0 Å². The summed E-state index contributed by atoms with van der Waals surface area (Å²) in [5.74, 6) is 0. The lowest BCUT2D eigenvalue weighted by molar-refractivity contribution is 0.586. The molecule has 0 saturated carbocycles. The molecule has 140 valence electrons. The van der Waals surface area contributed by atoms with Gasteiger partial charge in [0.1, 0.15) is 0 Å². The molecule has 3 aromatic rings. The number of nitrogens with zero attached hydrogens (tertiary/aromatic N) is 1. The Labute approximate surface area is 160 Å². The van der Waals surface area contributed by atoms with Crippen LogP contribution in [0.15, 0.2) is 47.4 Å². The molecule has 4 nitrogen and oxygen atoms in total. The monoisotopic (exact) mass is 380 g/mol. The second-order valence-corrected chi connectivity index (χ2v) is 9.52. The van der Waals surface area contributed by atoms with Crippen LogP contribution in [0.5, 0.6) is 0 Å². The lowest BCUT2D eigenvalue weighted by Gasteiger charge is -2.30. The zero-order valence-electron chi connectivity index (χ0n) is 15.4. The normalized spacial score (nSPS) is 17.4. The van der Waals surface area contributed by atoms with Gasteiger partial charge in [-0.1, -0.05) is 24.6 Å². The van der Waals surface area contributed by atoms with Crippen molar-refractivity contribution in [3.05, 3.63) is 59.3 Å². The molecule has 0 fully saturated rings. The predicted molar refractivity (Wildman–Crippen MR) is 109 cm³/mol. The number of hydrogen-bond acceptors (Lipinski definition) is 2. The Morgan fingerprint density at radius 2 is 1.74 bits per heavy atom. The summed E-state index contributed by atoms with van der Waals surface area (Å²) in [5.41, 5.74) is 5.61. The van der Waals surface area contributed by atoms with Crippen molar-refractivity contribution in [1.29, 1.82) is 0 Å². The van der Waals surface area contributed by atoms with Gasteiger partial charge in [0.2, 0.25) is 0 Å². The van der Waals surface area contributed by atoms with Gasteiger partial charge in [-0.2, -0.15) is 0 Å². The van der Waals surface area contributed by atoms with Crippen molar-refractivity contribution in [1.82, 2.24) is 4.98 Å². The highest BCUT2D eigenvalue weighted by Gasteiger charge is 2.29. The predicted octanol–water partition coefficient (Wildman–Crippen LogP) is 4.58. The molecular formula is C22H24N2O2S. The minimum absolute atomic E-state index is 0.401. The molecule has 1 aliphatic carbocycles. The number of nitrogens with one attached hydrogen (secondary N) is 1. The van der Waals surface area contributed by atoms with E-state index in [0.29, 0.717) is 11.4 Å². The molecule has 1 aliphatic heterocycles. The molecular weight excluding hydrogens is 356 g/mol. The van der Waals surface area contributed by atoms with Crippen LogP contribution in [0.25, 0.3) is 10.9 Å². The first-order valence-corrected chi connectivity index (χ1v) is 11.3. The second-order valence-electron chi connectivity index (χ2n) is 7.66. The summed E-state index contributed by atoms with van der Waals surface area (Å²) in [6, 6.07) is 13.4. The van der Waals surface area contributed by atoms with E-state index in [4.69, 9.17) is 0 Å². The van der Waals surface area contributed by atoms with Gasteiger partial charge in [-0.25, -0.2) is 8.42 Å². The first-order chi connectivity index (χ1) is 13.1. The molecule has 1 N–H and O–H groups in total. The molecule has 0 amide bonds. The molecule has 5 rings (SSSR count). The molecule has 1 aromatic heterocycles. The third kappa shape index (κ3) is 2.76. The highest BCUT2D eigenvalue weighted by molar-refractivity contribution is 7.92. The van der Waals surface area contributed by atoms with Crippen molar-refractivity contribution >= 4 is 26.6 Å². The number of anilines is 1. The molecule has 2 aromatic carbocycles. The molecule has 0 saturated heterocycles. The molecule has 0 unspecified atom stereocenters. The number of aromatic amines is 1. The summed E-state index contributed by atoms with van der Waals surface area (Å²) in [6.45, 7) is 0.544. The number of H-pyrrole nitrogens is 1. The maximum atomic E-state index is 13.5. The number of sulfonamides is 1. The van der Waals surface area contributed by atoms with Crippen LogP contribution in [0.4, 0.5) is 5.69 Å². The number of hydrogen-bond donors (Lipinski definition) is 1. The van der Waals surface area contributed by atoms with Gasteiger partial charge in [0.05, 0.1) is 10.6 Å². The molecule has 2 heterocycles. The highest BCUT2D eigenvalue weighted by Crippen LogP contribution is 2.34. The molecule has 0 radical (unpaired) electrons. The van der Waals surface area contributed by atoms with Crippen LogP contribution in [0.3, 0.4) is 0 Å².